The number of amides is 2. The Morgan fingerprint density at radius 3 is 2.16 bits per heavy atom. The van der Waals surface area contributed by atoms with Crippen molar-refractivity contribution in [1.82, 2.24) is 10.2 Å². The minimum Gasteiger partial charge on any atom is -0.347 e. The molecule has 5 heteroatoms. The molecule has 0 radical (unpaired) electrons. The van der Waals surface area contributed by atoms with Gasteiger partial charge in [0.05, 0.1) is 0 Å². The molecule has 1 rings (SSSR count). The van der Waals surface area contributed by atoms with Gasteiger partial charge in [-0.3, -0.25) is 9.59 Å². The van der Waals surface area contributed by atoms with Gasteiger partial charge in [0.2, 0.25) is 0 Å². The van der Waals surface area contributed by atoms with Gasteiger partial charge in [-0.15, -0.1) is 0 Å². The lowest BCUT2D eigenvalue weighted by molar-refractivity contribution is -0.136. The van der Waals surface area contributed by atoms with Crippen molar-refractivity contribution in [3.05, 3.63) is 29.3 Å². The van der Waals surface area contributed by atoms with E-state index in [1.165, 1.54) is 0 Å². The van der Waals surface area contributed by atoms with Crippen LogP contribution in [0, 0.1) is 13.8 Å². The summed E-state index contributed by atoms with van der Waals surface area (Å²) in [6, 6.07) is 5.67. The van der Waals surface area contributed by atoms with E-state index in [1.807, 2.05) is 51.0 Å². The predicted octanol–water partition coefficient (Wildman–Crippen LogP) is 0.920. The van der Waals surface area contributed by atoms with E-state index >= 15 is 0 Å². The normalized spacial score (nSPS) is 10.4. The summed E-state index contributed by atoms with van der Waals surface area (Å²) in [4.78, 5) is 25.2. The van der Waals surface area contributed by atoms with Crippen molar-refractivity contribution < 1.29 is 9.59 Å². The highest BCUT2D eigenvalue weighted by molar-refractivity contribution is 6.39. The molecule has 0 spiro atoms. The number of likely N-dealkylation sites (N-methyl/N-ethyl adjacent to an activating group) is 1. The van der Waals surface area contributed by atoms with Crippen molar-refractivity contribution in [3.63, 3.8) is 0 Å². The van der Waals surface area contributed by atoms with Crippen LogP contribution in [0.3, 0.4) is 0 Å². The van der Waals surface area contributed by atoms with Crippen LogP contribution < -0.4 is 10.6 Å². The monoisotopic (exact) mass is 263 g/mol. The second-order valence-electron chi connectivity index (χ2n) is 4.89. The van der Waals surface area contributed by atoms with Crippen molar-refractivity contribution in [2.75, 3.05) is 32.5 Å². The summed E-state index contributed by atoms with van der Waals surface area (Å²) >= 11 is 0. The maximum Gasteiger partial charge on any atom is 0.313 e. The van der Waals surface area contributed by atoms with Crippen molar-refractivity contribution in [3.8, 4) is 0 Å². The summed E-state index contributed by atoms with van der Waals surface area (Å²) < 4.78 is 0. The highest BCUT2D eigenvalue weighted by Gasteiger charge is 2.13. The quantitative estimate of drug-likeness (QED) is 0.794. The first-order valence-electron chi connectivity index (χ1n) is 6.20. The van der Waals surface area contributed by atoms with Crippen LogP contribution in [0.1, 0.15) is 11.1 Å². The lowest BCUT2D eigenvalue weighted by Crippen LogP contribution is -2.38. The summed E-state index contributed by atoms with van der Waals surface area (Å²) in [6.07, 6.45) is 0. The molecule has 0 atom stereocenters. The van der Waals surface area contributed by atoms with Crippen molar-refractivity contribution in [2.24, 2.45) is 0 Å². The number of benzene rings is 1. The van der Waals surface area contributed by atoms with Gasteiger partial charge in [0.1, 0.15) is 0 Å². The highest BCUT2D eigenvalue weighted by atomic mass is 16.2. The Hall–Kier alpha value is -1.88. The zero-order valence-electron chi connectivity index (χ0n) is 11.9. The molecule has 1 aromatic carbocycles. The van der Waals surface area contributed by atoms with E-state index in [9.17, 15) is 9.59 Å². The molecule has 0 bridgehead atoms. The number of nitrogens with zero attached hydrogens (tertiary/aromatic N) is 1. The number of hydrogen-bond donors (Lipinski definition) is 2. The van der Waals surface area contributed by atoms with Gasteiger partial charge in [-0.25, -0.2) is 0 Å². The van der Waals surface area contributed by atoms with Gasteiger partial charge in [0.15, 0.2) is 0 Å². The molecule has 1 aromatic rings. The predicted molar refractivity (Wildman–Crippen MR) is 76.1 cm³/mol. The van der Waals surface area contributed by atoms with E-state index in [-0.39, 0.29) is 0 Å². The van der Waals surface area contributed by atoms with E-state index in [2.05, 4.69) is 10.6 Å². The highest BCUT2D eigenvalue weighted by Crippen LogP contribution is 2.13. The Balaban J connectivity index is 2.52. The van der Waals surface area contributed by atoms with E-state index in [1.54, 1.807) is 0 Å². The smallest absolute Gasteiger partial charge is 0.313 e. The van der Waals surface area contributed by atoms with Gasteiger partial charge in [-0.2, -0.15) is 0 Å². The van der Waals surface area contributed by atoms with Crippen LogP contribution >= 0.6 is 0 Å². The molecule has 5 nitrogen and oxygen atoms in total. The number of rotatable bonds is 4. The molecule has 2 N–H and O–H groups in total. The fourth-order valence-corrected chi connectivity index (χ4v) is 1.71. The van der Waals surface area contributed by atoms with Crippen LogP contribution in [0.25, 0.3) is 0 Å². The average Bonchev–Trinajstić information content (AvgIpc) is 2.26. The fourth-order valence-electron chi connectivity index (χ4n) is 1.71. The first kappa shape index (κ1) is 15.2. The third-order valence-electron chi connectivity index (χ3n) is 2.53. The summed E-state index contributed by atoms with van der Waals surface area (Å²) in [5.41, 5.74) is 2.73. The molecule has 0 saturated carbocycles. The van der Waals surface area contributed by atoms with Gasteiger partial charge in [-0.05, 0) is 51.2 Å². The number of hydrogen-bond acceptors (Lipinski definition) is 3. The number of anilines is 1. The largest absolute Gasteiger partial charge is 0.347 e. The third kappa shape index (κ3) is 5.52. The average molecular weight is 263 g/mol. The SMILES string of the molecule is Cc1cc(C)cc(NC(=O)C(=O)NCCN(C)C)c1. The Morgan fingerprint density at radius 1 is 1.05 bits per heavy atom. The van der Waals surface area contributed by atoms with Gasteiger partial charge in [-0.1, -0.05) is 6.07 Å². The molecule has 0 aliphatic rings. The topological polar surface area (TPSA) is 61.4 Å². The Morgan fingerprint density at radius 2 is 1.63 bits per heavy atom. The Kier molecular flexibility index (Phi) is 5.51. The van der Waals surface area contributed by atoms with Crippen molar-refractivity contribution >= 4 is 17.5 Å². The third-order valence-corrected chi connectivity index (χ3v) is 2.53. The van der Waals surface area contributed by atoms with Crippen LogP contribution in [0.4, 0.5) is 5.69 Å². The molecule has 0 aliphatic heterocycles. The molecule has 0 aromatic heterocycles. The van der Waals surface area contributed by atoms with Crippen LogP contribution in [-0.4, -0.2) is 43.9 Å². The molecule has 0 heterocycles. The molecule has 0 unspecified atom stereocenters. The summed E-state index contributed by atoms with van der Waals surface area (Å²) in [5, 5.41) is 5.17. The second-order valence-corrected chi connectivity index (χ2v) is 4.89. The lowest BCUT2D eigenvalue weighted by atomic mass is 10.1. The van der Waals surface area contributed by atoms with E-state index in [4.69, 9.17) is 0 Å². The molecule has 0 saturated heterocycles. The van der Waals surface area contributed by atoms with Gasteiger partial charge >= 0.3 is 11.8 Å². The maximum atomic E-state index is 11.7. The van der Waals surface area contributed by atoms with Crippen LogP contribution in [-0.2, 0) is 9.59 Å². The van der Waals surface area contributed by atoms with Gasteiger partial charge < -0.3 is 15.5 Å². The Bertz CT molecular complexity index is 450. The first-order chi connectivity index (χ1) is 8.88. The number of carbonyl (C=O) groups is 2. The van der Waals surface area contributed by atoms with E-state index in [0.717, 1.165) is 11.1 Å². The molecule has 0 aliphatic carbocycles. The number of nitrogens with one attached hydrogen (secondary N) is 2. The van der Waals surface area contributed by atoms with Crippen LogP contribution in [0.2, 0.25) is 0 Å². The second kappa shape index (κ2) is 6.89. The maximum absolute atomic E-state index is 11.7. The first-order valence-corrected chi connectivity index (χ1v) is 6.20. The minimum atomic E-state index is -0.635. The van der Waals surface area contributed by atoms with Crippen LogP contribution in [0.5, 0.6) is 0 Å². The van der Waals surface area contributed by atoms with Crippen molar-refractivity contribution in [1.29, 1.82) is 0 Å². The lowest BCUT2D eigenvalue weighted by Gasteiger charge is -2.11. The molecule has 2 amide bonds. The molecule has 19 heavy (non-hydrogen) atoms. The fraction of sp³-hybridized carbons (Fsp3) is 0.429. The zero-order valence-corrected chi connectivity index (χ0v) is 11.9. The zero-order chi connectivity index (χ0) is 14.4. The Labute approximate surface area is 114 Å². The van der Waals surface area contributed by atoms with Crippen LogP contribution in [0.15, 0.2) is 18.2 Å². The molecule has 104 valence electrons. The van der Waals surface area contributed by atoms with E-state index in [0.29, 0.717) is 18.8 Å². The summed E-state index contributed by atoms with van der Waals surface area (Å²) in [6.45, 7) is 5.04. The summed E-state index contributed by atoms with van der Waals surface area (Å²) in [5.74, 6) is -1.25. The minimum absolute atomic E-state index is 0.450. The van der Waals surface area contributed by atoms with Crippen molar-refractivity contribution in [2.45, 2.75) is 13.8 Å². The number of aryl methyl sites for hydroxylation is 2. The standard InChI is InChI=1S/C14H21N3O2/c1-10-7-11(2)9-12(8-10)16-14(19)13(18)15-5-6-17(3)4/h7-9H,5-6H2,1-4H3,(H,15,18)(H,16,19). The van der Waals surface area contributed by atoms with Gasteiger partial charge in [0, 0.05) is 18.8 Å². The molecular weight excluding hydrogens is 242 g/mol. The summed E-state index contributed by atoms with van der Waals surface area (Å²) in [7, 11) is 3.81. The number of carbonyl (C=O) groups excluding carboxylic acids is 2. The molecular formula is C14H21N3O2. The van der Waals surface area contributed by atoms with Gasteiger partial charge in [0.25, 0.3) is 0 Å². The van der Waals surface area contributed by atoms with E-state index < -0.39 is 11.8 Å². The molecule has 0 fully saturated rings.